The van der Waals surface area contributed by atoms with Crippen LogP contribution in [0, 0.1) is 10.1 Å². The Kier molecular flexibility index (Phi) is 4.13. The third kappa shape index (κ3) is 2.71. The van der Waals surface area contributed by atoms with Gasteiger partial charge in [-0.15, -0.1) is 0 Å². The zero-order chi connectivity index (χ0) is 18.5. The van der Waals surface area contributed by atoms with Crippen LogP contribution in [0.3, 0.4) is 0 Å². The second-order valence-corrected chi connectivity index (χ2v) is 6.20. The van der Waals surface area contributed by atoms with Gasteiger partial charge in [-0.2, -0.15) is 0 Å². The number of benzene rings is 1. The van der Waals surface area contributed by atoms with E-state index < -0.39 is 22.1 Å². The van der Waals surface area contributed by atoms with Crippen molar-refractivity contribution < 1.29 is 4.92 Å². The minimum absolute atomic E-state index is 0.00977. The van der Waals surface area contributed by atoms with Crippen molar-refractivity contribution >= 4 is 40.3 Å². The van der Waals surface area contributed by atoms with Crippen molar-refractivity contribution in [3.05, 3.63) is 64.8 Å². The lowest BCUT2D eigenvalue weighted by atomic mass is 10.2. The molecule has 0 amide bonds. The van der Waals surface area contributed by atoms with Crippen LogP contribution in [0.25, 0.3) is 11.2 Å². The Hall–Kier alpha value is -2.65. The first kappa shape index (κ1) is 17.2. The Bertz CT molecular complexity index is 1140. The molecule has 11 heteroatoms. The third-order valence-corrected chi connectivity index (χ3v) is 4.55. The van der Waals surface area contributed by atoms with Crippen LogP contribution < -0.4 is 11.2 Å². The lowest BCUT2D eigenvalue weighted by Gasteiger charge is -2.07. The molecular formula is C14H11Cl2N5O4. The molecule has 2 aromatic heterocycles. The Morgan fingerprint density at radius 1 is 1.16 bits per heavy atom. The van der Waals surface area contributed by atoms with E-state index in [4.69, 9.17) is 23.2 Å². The molecule has 0 saturated carbocycles. The van der Waals surface area contributed by atoms with E-state index in [1.807, 2.05) is 0 Å². The van der Waals surface area contributed by atoms with Gasteiger partial charge in [0.2, 0.25) is 5.65 Å². The molecule has 0 aliphatic heterocycles. The number of rotatable bonds is 3. The smallest absolute Gasteiger partial charge is 0.390 e. The molecule has 0 saturated heterocycles. The van der Waals surface area contributed by atoms with E-state index in [0.717, 1.165) is 9.13 Å². The van der Waals surface area contributed by atoms with E-state index in [2.05, 4.69) is 4.98 Å². The average molecular weight is 384 g/mol. The van der Waals surface area contributed by atoms with Crippen molar-refractivity contribution in [3.8, 4) is 0 Å². The van der Waals surface area contributed by atoms with E-state index in [1.54, 1.807) is 18.2 Å². The molecule has 0 bridgehead atoms. The topological polar surface area (TPSA) is 105 Å². The van der Waals surface area contributed by atoms with Crippen LogP contribution in [0.4, 0.5) is 5.95 Å². The molecule has 0 atom stereocenters. The maximum absolute atomic E-state index is 12.3. The summed E-state index contributed by atoms with van der Waals surface area (Å²) >= 11 is 11.9. The summed E-state index contributed by atoms with van der Waals surface area (Å²) in [7, 11) is 2.70. The molecule has 0 aliphatic rings. The van der Waals surface area contributed by atoms with Crippen molar-refractivity contribution in [2.75, 3.05) is 0 Å². The highest BCUT2D eigenvalue weighted by Crippen LogP contribution is 2.25. The van der Waals surface area contributed by atoms with Gasteiger partial charge in [-0.1, -0.05) is 34.3 Å². The summed E-state index contributed by atoms with van der Waals surface area (Å²) in [6, 6.07) is 4.75. The van der Waals surface area contributed by atoms with Gasteiger partial charge in [0.1, 0.15) is 0 Å². The van der Waals surface area contributed by atoms with Gasteiger partial charge >= 0.3 is 17.2 Å². The molecule has 9 nitrogen and oxygen atoms in total. The molecule has 25 heavy (non-hydrogen) atoms. The highest BCUT2D eigenvalue weighted by molar-refractivity contribution is 6.42. The Morgan fingerprint density at radius 3 is 2.44 bits per heavy atom. The summed E-state index contributed by atoms with van der Waals surface area (Å²) < 4.78 is 3.19. The van der Waals surface area contributed by atoms with E-state index in [9.17, 15) is 19.7 Å². The van der Waals surface area contributed by atoms with Gasteiger partial charge in [-0.05, 0) is 22.6 Å². The highest BCUT2D eigenvalue weighted by atomic mass is 35.5. The molecule has 0 aliphatic carbocycles. The number of nitrogens with zero attached hydrogens (tertiary/aromatic N) is 5. The zero-order valence-electron chi connectivity index (χ0n) is 13.1. The fourth-order valence-corrected chi connectivity index (χ4v) is 2.90. The predicted molar refractivity (Wildman–Crippen MR) is 92.4 cm³/mol. The standard InChI is InChI=1S/C14H11Cl2N5O4/c1-18-11-10(12(22)19(2)14(18)23)17-13(21(24)25)20(11)6-7-3-4-8(15)9(16)5-7/h3-5H,6H2,1-2H3. The van der Waals surface area contributed by atoms with Crippen LogP contribution in [0.5, 0.6) is 0 Å². The number of aryl methyl sites for hydroxylation is 1. The first-order valence-corrected chi connectivity index (χ1v) is 7.72. The van der Waals surface area contributed by atoms with E-state index >= 15 is 0 Å². The Morgan fingerprint density at radius 2 is 1.84 bits per heavy atom. The maximum atomic E-state index is 12.3. The number of halogens is 2. The van der Waals surface area contributed by atoms with Crippen LogP contribution in [0.15, 0.2) is 27.8 Å². The molecule has 130 valence electrons. The largest absolute Gasteiger partial charge is 0.437 e. The van der Waals surface area contributed by atoms with Crippen molar-refractivity contribution in [3.63, 3.8) is 0 Å². The first-order valence-electron chi connectivity index (χ1n) is 6.97. The number of imidazole rings is 1. The molecule has 0 N–H and O–H groups in total. The summed E-state index contributed by atoms with van der Waals surface area (Å²) in [5.41, 5.74) is -0.802. The van der Waals surface area contributed by atoms with Crippen LogP contribution in [0.2, 0.25) is 10.0 Å². The molecule has 0 spiro atoms. The number of aromatic nitrogens is 4. The van der Waals surface area contributed by atoms with Gasteiger partial charge in [0.25, 0.3) is 5.52 Å². The minimum Gasteiger partial charge on any atom is -0.390 e. The molecular weight excluding hydrogens is 373 g/mol. The first-order chi connectivity index (χ1) is 11.7. The van der Waals surface area contributed by atoms with Gasteiger partial charge < -0.3 is 10.1 Å². The number of hydrogen-bond acceptors (Lipinski definition) is 5. The summed E-state index contributed by atoms with van der Waals surface area (Å²) in [6.45, 7) is -0.00977. The highest BCUT2D eigenvalue weighted by Gasteiger charge is 2.28. The second-order valence-electron chi connectivity index (χ2n) is 5.38. The van der Waals surface area contributed by atoms with E-state index in [-0.39, 0.29) is 22.7 Å². The average Bonchev–Trinajstić information content (AvgIpc) is 2.94. The molecule has 0 radical (unpaired) electrons. The van der Waals surface area contributed by atoms with Gasteiger partial charge in [-0.3, -0.25) is 13.9 Å². The van der Waals surface area contributed by atoms with Crippen LogP contribution in [0.1, 0.15) is 5.56 Å². The van der Waals surface area contributed by atoms with Crippen molar-refractivity contribution in [1.29, 1.82) is 0 Å². The van der Waals surface area contributed by atoms with Gasteiger partial charge in [-0.25, -0.2) is 9.36 Å². The van der Waals surface area contributed by atoms with Crippen LogP contribution >= 0.6 is 23.2 Å². The van der Waals surface area contributed by atoms with E-state index in [0.29, 0.717) is 10.6 Å². The van der Waals surface area contributed by atoms with E-state index in [1.165, 1.54) is 18.7 Å². The predicted octanol–water partition coefficient (Wildman–Crippen LogP) is 1.70. The fraction of sp³-hybridized carbons (Fsp3) is 0.214. The zero-order valence-corrected chi connectivity index (χ0v) is 14.6. The lowest BCUT2D eigenvalue weighted by Crippen LogP contribution is -2.37. The van der Waals surface area contributed by atoms with Crippen molar-refractivity contribution in [1.82, 2.24) is 18.7 Å². The van der Waals surface area contributed by atoms with Gasteiger partial charge in [0, 0.05) is 14.1 Å². The quantitative estimate of drug-likeness (QED) is 0.505. The number of hydrogen-bond donors (Lipinski definition) is 0. The monoisotopic (exact) mass is 383 g/mol. The SMILES string of the molecule is Cn1c(=O)c2nc([N+](=O)[O-])n(Cc3ccc(Cl)c(Cl)c3)c2n(C)c1=O. The van der Waals surface area contributed by atoms with Crippen molar-refractivity contribution in [2.24, 2.45) is 14.1 Å². The molecule has 3 rings (SSSR count). The van der Waals surface area contributed by atoms with Gasteiger partial charge in [0.05, 0.1) is 16.6 Å². The molecule has 0 unspecified atom stereocenters. The normalized spacial score (nSPS) is 11.2. The summed E-state index contributed by atoms with van der Waals surface area (Å²) in [5, 5.41) is 12.0. The molecule has 2 heterocycles. The minimum atomic E-state index is -0.707. The maximum Gasteiger partial charge on any atom is 0.437 e. The summed E-state index contributed by atoms with van der Waals surface area (Å²) in [6.07, 6.45) is 0. The molecule has 1 aromatic carbocycles. The van der Waals surface area contributed by atoms with Crippen molar-refractivity contribution in [2.45, 2.75) is 6.54 Å². The number of fused-ring (bicyclic) bond motifs is 1. The molecule has 3 aromatic rings. The van der Waals surface area contributed by atoms with Crippen LogP contribution in [-0.2, 0) is 20.6 Å². The second kappa shape index (κ2) is 6.01. The lowest BCUT2D eigenvalue weighted by molar-refractivity contribution is -0.396. The molecule has 0 fully saturated rings. The Labute approximate surface area is 149 Å². The third-order valence-electron chi connectivity index (χ3n) is 3.81. The van der Waals surface area contributed by atoms with Crippen LogP contribution in [-0.4, -0.2) is 23.6 Å². The summed E-state index contributed by atoms with van der Waals surface area (Å²) in [4.78, 5) is 38.9. The summed E-state index contributed by atoms with van der Waals surface area (Å²) in [5.74, 6) is -0.542. The van der Waals surface area contributed by atoms with Gasteiger partial charge in [0.15, 0.2) is 0 Å². The Balaban J connectivity index is 2.34. The fourth-order valence-electron chi connectivity index (χ4n) is 2.58. The number of nitro groups is 1.